The standard InChI is InChI=1S/C6H10N2O/c7-3-5-1-2-8-4-6(5)9/h5-6,8-9H,1-2,4H2/t5-,6-/m1/s1. The van der Waals surface area contributed by atoms with Gasteiger partial charge in [0.25, 0.3) is 0 Å². The zero-order chi connectivity index (χ0) is 6.69. The minimum Gasteiger partial charge on any atom is -0.390 e. The summed E-state index contributed by atoms with van der Waals surface area (Å²) >= 11 is 0. The molecule has 1 rings (SSSR count). The number of hydrogen-bond acceptors (Lipinski definition) is 3. The van der Waals surface area contributed by atoms with Crippen molar-refractivity contribution in [1.82, 2.24) is 5.32 Å². The van der Waals surface area contributed by atoms with Gasteiger partial charge >= 0.3 is 0 Å². The second-order valence-electron chi connectivity index (χ2n) is 2.30. The normalized spacial score (nSPS) is 35.6. The summed E-state index contributed by atoms with van der Waals surface area (Å²) < 4.78 is 0. The van der Waals surface area contributed by atoms with Crippen molar-refractivity contribution < 1.29 is 5.11 Å². The molecule has 0 unspecified atom stereocenters. The minimum absolute atomic E-state index is 0.147. The zero-order valence-corrected chi connectivity index (χ0v) is 5.17. The van der Waals surface area contributed by atoms with Crippen LogP contribution in [-0.4, -0.2) is 24.3 Å². The van der Waals surface area contributed by atoms with Crippen molar-refractivity contribution in [2.45, 2.75) is 12.5 Å². The van der Waals surface area contributed by atoms with E-state index < -0.39 is 6.10 Å². The van der Waals surface area contributed by atoms with Gasteiger partial charge in [-0.15, -0.1) is 0 Å². The number of piperidine rings is 1. The number of hydrogen-bond donors (Lipinski definition) is 2. The Bertz CT molecular complexity index is 130. The fourth-order valence-electron chi connectivity index (χ4n) is 0.993. The Kier molecular flexibility index (Phi) is 2.04. The molecule has 0 spiro atoms. The Labute approximate surface area is 54.3 Å². The summed E-state index contributed by atoms with van der Waals surface area (Å²) in [5.74, 6) is -0.147. The second-order valence-corrected chi connectivity index (χ2v) is 2.30. The van der Waals surface area contributed by atoms with Gasteiger partial charge in [-0.05, 0) is 13.0 Å². The van der Waals surface area contributed by atoms with Crippen LogP contribution in [-0.2, 0) is 0 Å². The lowest BCUT2D eigenvalue weighted by atomic mass is 9.97. The maximum Gasteiger partial charge on any atom is 0.0822 e. The van der Waals surface area contributed by atoms with Gasteiger partial charge < -0.3 is 10.4 Å². The predicted octanol–water partition coefficient (Wildman–Crippen LogP) is -0.520. The topological polar surface area (TPSA) is 56.0 Å². The molecule has 0 aliphatic carbocycles. The molecule has 1 fully saturated rings. The van der Waals surface area contributed by atoms with Crippen LogP contribution in [0.5, 0.6) is 0 Å². The van der Waals surface area contributed by atoms with Gasteiger partial charge in [0, 0.05) is 6.54 Å². The first kappa shape index (κ1) is 6.53. The van der Waals surface area contributed by atoms with Gasteiger partial charge in [-0.25, -0.2) is 0 Å². The summed E-state index contributed by atoms with van der Waals surface area (Å²) in [7, 11) is 0. The lowest BCUT2D eigenvalue weighted by Gasteiger charge is -2.22. The van der Waals surface area contributed by atoms with E-state index in [4.69, 9.17) is 10.4 Å². The molecule has 0 amide bonds. The Balaban J connectivity index is 2.41. The highest BCUT2D eigenvalue weighted by atomic mass is 16.3. The van der Waals surface area contributed by atoms with Crippen molar-refractivity contribution in [3.8, 4) is 6.07 Å². The first-order valence-corrected chi connectivity index (χ1v) is 3.13. The first-order chi connectivity index (χ1) is 4.34. The number of β-amino-alcohol motifs (C(OH)–C–C–N with tert-alkyl or cyclic N) is 1. The van der Waals surface area contributed by atoms with Crippen molar-refractivity contribution in [1.29, 1.82) is 5.26 Å². The van der Waals surface area contributed by atoms with Crippen LogP contribution in [0.15, 0.2) is 0 Å². The molecule has 1 heterocycles. The van der Waals surface area contributed by atoms with E-state index in [0.717, 1.165) is 13.0 Å². The second kappa shape index (κ2) is 2.81. The zero-order valence-electron chi connectivity index (χ0n) is 5.17. The van der Waals surface area contributed by atoms with E-state index in [1.54, 1.807) is 0 Å². The number of rotatable bonds is 0. The third-order valence-corrected chi connectivity index (χ3v) is 1.62. The van der Waals surface area contributed by atoms with Gasteiger partial charge in [-0.2, -0.15) is 5.26 Å². The summed E-state index contributed by atoms with van der Waals surface area (Å²) in [6.07, 6.45) is 0.321. The molecule has 1 aliphatic heterocycles. The SMILES string of the molecule is N#C[C@H]1CCNC[C@H]1O. The van der Waals surface area contributed by atoms with Gasteiger partial charge in [-0.1, -0.05) is 0 Å². The molecule has 3 nitrogen and oxygen atoms in total. The van der Waals surface area contributed by atoms with Crippen LogP contribution in [0.1, 0.15) is 6.42 Å². The Morgan fingerprint density at radius 1 is 1.67 bits per heavy atom. The van der Waals surface area contributed by atoms with E-state index in [2.05, 4.69) is 11.4 Å². The lowest BCUT2D eigenvalue weighted by Crippen LogP contribution is -2.39. The molecule has 0 aromatic heterocycles. The molecule has 0 bridgehead atoms. The number of nitrogens with one attached hydrogen (secondary N) is 1. The van der Waals surface area contributed by atoms with Crippen LogP contribution in [0.25, 0.3) is 0 Å². The van der Waals surface area contributed by atoms with Gasteiger partial charge in [0.15, 0.2) is 0 Å². The van der Waals surface area contributed by atoms with E-state index in [1.807, 2.05) is 0 Å². The fraction of sp³-hybridized carbons (Fsp3) is 0.833. The Hall–Kier alpha value is -0.590. The van der Waals surface area contributed by atoms with Crippen molar-refractivity contribution in [2.24, 2.45) is 5.92 Å². The van der Waals surface area contributed by atoms with Crippen molar-refractivity contribution in [3.63, 3.8) is 0 Å². The van der Waals surface area contributed by atoms with Crippen LogP contribution < -0.4 is 5.32 Å². The van der Waals surface area contributed by atoms with Gasteiger partial charge in [0.2, 0.25) is 0 Å². The molecular formula is C6H10N2O. The highest BCUT2D eigenvalue weighted by Gasteiger charge is 2.21. The van der Waals surface area contributed by atoms with Gasteiger partial charge in [0.1, 0.15) is 0 Å². The molecule has 2 atom stereocenters. The first-order valence-electron chi connectivity index (χ1n) is 3.13. The van der Waals surface area contributed by atoms with Crippen molar-refractivity contribution in [3.05, 3.63) is 0 Å². The van der Waals surface area contributed by atoms with E-state index in [9.17, 15) is 0 Å². The number of nitriles is 1. The average molecular weight is 126 g/mol. The smallest absolute Gasteiger partial charge is 0.0822 e. The van der Waals surface area contributed by atoms with E-state index in [-0.39, 0.29) is 5.92 Å². The van der Waals surface area contributed by atoms with E-state index in [1.165, 1.54) is 0 Å². The summed E-state index contributed by atoms with van der Waals surface area (Å²) in [6.45, 7) is 1.42. The molecule has 0 aromatic carbocycles. The molecule has 2 N–H and O–H groups in total. The number of aliphatic hydroxyl groups excluding tert-OH is 1. The monoisotopic (exact) mass is 126 g/mol. The fourth-order valence-corrected chi connectivity index (χ4v) is 0.993. The molecule has 9 heavy (non-hydrogen) atoms. The van der Waals surface area contributed by atoms with Crippen LogP contribution >= 0.6 is 0 Å². The van der Waals surface area contributed by atoms with Crippen LogP contribution in [0.4, 0.5) is 0 Å². The van der Waals surface area contributed by atoms with Crippen LogP contribution in [0.3, 0.4) is 0 Å². The van der Waals surface area contributed by atoms with Crippen molar-refractivity contribution in [2.75, 3.05) is 13.1 Å². The Morgan fingerprint density at radius 3 is 2.89 bits per heavy atom. The van der Waals surface area contributed by atoms with E-state index in [0.29, 0.717) is 6.54 Å². The third-order valence-electron chi connectivity index (χ3n) is 1.62. The highest BCUT2D eigenvalue weighted by Crippen LogP contribution is 2.09. The number of nitrogens with zero attached hydrogens (tertiary/aromatic N) is 1. The van der Waals surface area contributed by atoms with Gasteiger partial charge in [-0.3, -0.25) is 0 Å². The maximum absolute atomic E-state index is 9.08. The largest absolute Gasteiger partial charge is 0.390 e. The molecule has 1 saturated heterocycles. The van der Waals surface area contributed by atoms with E-state index >= 15 is 0 Å². The van der Waals surface area contributed by atoms with Gasteiger partial charge in [0.05, 0.1) is 18.1 Å². The quantitative estimate of drug-likeness (QED) is 0.459. The molecule has 1 aliphatic rings. The van der Waals surface area contributed by atoms with Crippen LogP contribution in [0.2, 0.25) is 0 Å². The molecule has 0 aromatic rings. The summed E-state index contributed by atoms with van der Waals surface area (Å²) in [5.41, 5.74) is 0. The molecule has 3 heteroatoms. The average Bonchev–Trinajstić information content (AvgIpc) is 1.89. The Morgan fingerprint density at radius 2 is 2.44 bits per heavy atom. The highest BCUT2D eigenvalue weighted by molar-refractivity contribution is 4.92. The minimum atomic E-state index is -0.455. The third kappa shape index (κ3) is 1.41. The number of aliphatic hydroxyl groups is 1. The van der Waals surface area contributed by atoms with Crippen LogP contribution in [0, 0.1) is 17.2 Å². The molecule has 0 saturated carbocycles. The summed E-state index contributed by atoms with van der Waals surface area (Å²) in [6, 6.07) is 2.06. The molecular weight excluding hydrogens is 116 g/mol. The lowest BCUT2D eigenvalue weighted by molar-refractivity contribution is 0.108. The summed E-state index contributed by atoms with van der Waals surface area (Å²) in [4.78, 5) is 0. The summed E-state index contributed by atoms with van der Waals surface area (Å²) in [5, 5.41) is 20.5. The molecule has 0 radical (unpaired) electrons. The van der Waals surface area contributed by atoms with Crippen molar-refractivity contribution >= 4 is 0 Å². The maximum atomic E-state index is 9.08. The predicted molar refractivity (Wildman–Crippen MR) is 32.6 cm³/mol. The molecule has 50 valence electrons.